The van der Waals surface area contributed by atoms with Crippen LogP contribution >= 0.6 is 27.3 Å². The first-order valence-electron chi connectivity index (χ1n) is 7.63. The van der Waals surface area contributed by atoms with Gasteiger partial charge >= 0.3 is 0 Å². The van der Waals surface area contributed by atoms with Gasteiger partial charge in [0.1, 0.15) is 10.3 Å². The Balaban J connectivity index is 1.87. The molecule has 0 atom stereocenters. The highest BCUT2D eigenvalue weighted by Gasteiger charge is 2.13. The number of hydrogen-bond donors (Lipinski definition) is 0. The summed E-state index contributed by atoms with van der Waals surface area (Å²) in [4.78, 5) is 1.15. The number of halogens is 1. The van der Waals surface area contributed by atoms with E-state index in [0.717, 1.165) is 25.9 Å². The van der Waals surface area contributed by atoms with Gasteiger partial charge < -0.3 is 0 Å². The number of nitrogens with zero attached hydrogens (tertiary/aromatic N) is 2. The fourth-order valence-corrected chi connectivity index (χ4v) is 4.56. The Morgan fingerprint density at radius 2 is 1.38 bits per heavy atom. The Morgan fingerprint density at radius 1 is 0.708 bits per heavy atom. The summed E-state index contributed by atoms with van der Waals surface area (Å²) in [5, 5.41) is 14.7. The molecule has 0 aliphatic carbocycles. The molecular formula is C20H11BrN2S. The lowest BCUT2D eigenvalue weighted by atomic mass is 10.0. The summed E-state index contributed by atoms with van der Waals surface area (Å²) in [5.41, 5.74) is 0.945. The Bertz CT molecular complexity index is 1190. The van der Waals surface area contributed by atoms with Crippen LogP contribution in [0, 0.1) is 0 Å². The second kappa shape index (κ2) is 5.36. The van der Waals surface area contributed by atoms with Gasteiger partial charge in [-0.25, -0.2) is 0 Å². The van der Waals surface area contributed by atoms with Crippen molar-refractivity contribution in [3.8, 4) is 10.6 Å². The molecule has 0 spiro atoms. The van der Waals surface area contributed by atoms with Crippen LogP contribution in [0.2, 0.25) is 0 Å². The average molecular weight is 391 g/mol. The van der Waals surface area contributed by atoms with Gasteiger partial charge in [-0.2, -0.15) is 0 Å². The van der Waals surface area contributed by atoms with Crippen LogP contribution in [0.5, 0.6) is 0 Å². The van der Waals surface area contributed by atoms with Gasteiger partial charge in [-0.1, -0.05) is 42.5 Å². The normalized spacial score (nSPS) is 11.5. The molecule has 114 valence electrons. The molecule has 0 radical (unpaired) electrons. The minimum absolute atomic E-state index is 0.785. The molecule has 0 aliphatic heterocycles. The zero-order valence-corrected chi connectivity index (χ0v) is 14.9. The number of aromatic nitrogens is 2. The van der Waals surface area contributed by atoms with E-state index in [1.54, 1.807) is 11.3 Å². The maximum absolute atomic E-state index is 4.49. The Morgan fingerprint density at radius 3 is 2.12 bits per heavy atom. The predicted octanol–water partition coefficient (Wildman–Crippen LogP) is 6.43. The molecule has 2 heterocycles. The Kier molecular flexibility index (Phi) is 3.15. The van der Waals surface area contributed by atoms with Crippen molar-refractivity contribution < 1.29 is 0 Å². The summed E-state index contributed by atoms with van der Waals surface area (Å²) in [6.07, 6.45) is 0. The zero-order chi connectivity index (χ0) is 16.1. The second-order valence-electron chi connectivity index (χ2n) is 5.73. The molecule has 4 heteroatoms. The maximum Gasteiger partial charge on any atom is 0.136 e. The van der Waals surface area contributed by atoms with Gasteiger partial charge in [0.15, 0.2) is 0 Å². The summed E-state index contributed by atoms with van der Waals surface area (Å²) in [6, 6.07) is 23.4. The summed E-state index contributed by atoms with van der Waals surface area (Å²) >= 11 is 5.31. The number of hydrogen-bond acceptors (Lipinski definition) is 3. The standard InChI is InChI=1S/C20H11BrN2S/c21-20-16-10-13-6-2-1-5-12(13)9-15(16)19(22-23-20)18-11-14-7-3-4-8-17(14)24-18/h1-11H. The number of rotatable bonds is 1. The van der Waals surface area contributed by atoms with E-state index in [2.05, 4.69) is 92.9 Å². The molecule has 0 fully saturated rings. The van der Waals surface area contributed by atoms with E-state index >= 15 is 0 Å². The summed E-state index contributed by atoms with van der Waals surface area (Å²) in [7, 11) is 0. The Labute approximate surface area is 150 Å². The molecule has 24 heavy (non-hydrogen) atoms. The first-order chi connectivity index (χ1) is 11.8. The lowest BCUT2D eigenvalue weighted by molar-refractivity contribution is 1.04. The Hall–Kier alpha value is -2.30. The van der Waals surface area contributed by atoms with Crippen LogP contribution < -0.4 is 0 Å². The van der Waals surface area contributed by atoms with Crippen molar-refractivity contribution in [3.05, 3.63) is 71.3 Å². The van der Waals surface area contributed by atoms with Gasteiger partial charge in [0.2, 0.25) is 0 Å². The van der Waals surface area contributed by atoms with Gasteiger partial charge in [-0.15, -0.1) is 21.5 Å². The molecule has 0 saturated carbocycles. The smallest absolute Gasteiger partial charge is 0.136 e. The molecule has 5 aromatic rings. The molecule has 0 unspecified atom stereocenters. The van der Waals surface area contributed by atoms with E-state index in [0.29, 0.717) is 0 Å². The minimum Gasteiger partial charge on any atom is -0.148 e. The van der Waals surface area contributed by atoms with Crippen molar-refractivity contribution in [1.82, 2.24) is 10.2 Å². The third-order valence-electron chi connectivity index (χ3n) is 4.26. The fraction of sp³-hybridized carbons (Fsp3) is 0. The molecular weight excluding hydrogens is 380 g/mol. The fourth-order valence-electron chi connectivity index (χ4n) is 3.09. The zero-order valence-electron chi connectivity index (χ0n) is 12.5. The van der Waals surface area contributed by atoms with Gasteiger partial charge in [-0.3, -0.25) is 0 Å². The van der Waals surface area contributed by atoms with Crippen LogP contribution in [0.1, 0.15) is 0 Å². The van der Waals surface area contributed by atoms with Crippen LogP contribution in [-0.2, 0) is 0 Å². The van der Waals surface area contributed by atoms with Gasteiger partial charge in [-0.05, 0) is 56.4 Å². The number of benzene rings is 3. The molecule has 0 aliphatic rings. The van der Waals surface area contributed by atoms with Crippen molar-refractivity contribution in [3.63, 3.8) is 0 Å². The van der Waals surface area contributed by atoms with Gasteiger partial charge in [0.05, 0.1) is 4.88 Å². The van der Waals surface area contributed by atoms with E-state index in [4.69, 9.17) is 0 Å². The van der Waals surface area contributed by atoms with Crippen LogP contribution in [0.25, 0.3) is 42.2 Å². The van der Waals surface area contributed by atoms with Gasteiger partial charge in [0, 0.05) is 15.5 Å². The summed E-state index contributed by atoms with van der Waals surface area (Å²) < 4.78 is 2.05. The van der Waals surface area contributed by atoms with Crippen LogP contribution in [0.4, 0.5) is 0 Å². The van der Waals surface area contributed by atoms with E-state index in [9.17, 15) is 0 Å². The van der Waals surface area contributed by atoms with Crippen molar-refractivity contribution >= 4 is 58.9 Å². The third kappa shape index (κ3) is 2.14. The molecule has 5 rings (SSSR count). The van der Waals surface area contributed by atoms with E-state index < -0.39 is 0 Å². The van der Waals surface area contributed by atoms with Gasteiger partial charge in [0.25, 0.3) is 0 Å². The molecule has 0 N–H and O–H groups in total. The molecule has 2 nitrogen and oxygen atoms in total. The van der Waals surface area contributed by atoms with Crippen molar-refractivity contribution in [1.29, 1.82) is 0 Å². The van der Waals surface area contributed by atoms with E-state index in [-0.39, 0.29) is 0 Å². The first-order valence-corrected chi connectivity index (χ1v) is 9.24. The molecule has 0 saturated heterocycles. The topological polar surface area (TPSA) is 25.8 Å². The van der Waals surface area contributed by atoms with E-state index in [1.165, 1.54) is 20.9 Å². The first kappa shape index (κ1) is 14.1. The number of fused-ring (bicyclic) bond motifs is 3. The van der Waals surface area contributed by atoms with Crippen molar-refractivity contribution in [2.75, 3.05) is 0 Å². The quantitative estimate of drug-likeness (QED) is 0.308. The summed E-state index contributed by atoms with van der Waals surface area (Å²) in [6.45, 7) is 0. The van der Waals surface area contributed by atoms with Crippen molar-refractivity contribution in [2.45, 2.75) is 0 Å². The molecule has 0 bridgehead atoms. The number of thiophene rings is 1. The highest BCUT2D eigenvalue weighted by atomic mass is 79.9. The minimum atomic E-state index is 0.785. The molecule has 3 aromatic carbocycles. The lowest BCUT2D eigenvalue weighted by Gasteiger charge is -2.07. The largest absolute Gasteiger partial charge is 0.148 e. The third-order valence-corrected chi connectivity index (χ3v) is 5.97. The maximum atomic E-state index is 4.49. The van der Waals surface area contributed by atoms with Crippen LogP contribution in [-0.4, -0.2) is 10.2 Å². The average Bonchev–Trinajstić information content (AvgIpc) is 3.04. The highest BCUT2D eigenvalue weighted by molar-refractivity contribution is 9.10. The SMILES string of the molecule is Brc1nnc(-c2cc3ccccc3s2)c2cc3ccccc3cc12. The van der Waals surface area contributed by atoms with Crippen LogP contribution in [0.15, 0.2) is 71.3 Å². The molecule has 2 aromatic heterocycles. The lowest BCUT2D eigenvalue weighted by Crippen LogP contribution is -1.90. The summed E-state index contributed by atoms with van der Waals surface area (Å²) in [5.74, 6) is 0. The molecule has 0 amide bonds. The highest BCUT2D eigenvalue weighted by Crippen LogP contribution is 2.38. The monoisotopic (exact) mass is 390 g/mol. The predicted molar refractivity (Wildman–Crippen MR) is 106 cm³/mol. The van der Waals surface area contributed by atoms with Crippen molar-refractivity contribution in [2.24, 2.45) is 0 Å². The second-order valence-corrected chi connectivity index (χ2v) is 7.57. The van der Waals surface area contributed by atoms with E-state index in [1.807, 2.05) is 0 Å². The van der Waals surface area contributed by atoms with Crippen LogP contribution in [0.3, 0.4) is 0 Å².